The Hall–Kier alpha value is -2.38. The normalized spacial score (nSPS) is 11.6. The van der Waals surface area contributed by atoms with Gasteiger partial charge < -0.3 is 10.1 Å². The van der Waals surface area contributed by atoms with E-state index in [1.54, 1.807) is 12.1 Å². The van der Waals surface area contributed by atoms with Crippen molar-refractivity contribution in [3.63, 3.8) is 0 Å². The van der Waals surface area contributed by atoms with Gasteiger partial charge >= 0.3 is 5.97 Å². The van der Waals surface area contributed by atoms with E-state index in [-0.39, 0.29) is 16.8 Å². The minimum Gasteiger partial charge on any atom is -0.467 e. The second-order valence-corrected chi connectivity index (χ2v) is 4.45. The summed E-state index contributed by atoms with van der Waals surface area (Å²) in [4.78, 5) is 19.9. The van der Waals surface area contributed by atoms with Crippen molar-refractivity contribution in [2.75, 3.05) is 17.9 Å². The number of hydrazine groups is 1. The zero-order chi connectivity index (χ0) is 15.2. The van der Waals surface area contributed by atoms with Crippen LogP contribution in [0, 0.1) is 0 Å². The van der Waals surface area contributed by atoms with Crippen LogP contribution in [-0.2, 0) is 9.53 Å². The molecule has 7 nitrogen and oxygen atoms in total. The first-order valence-electron chi connectivity index (χ1n) is 6.04. The highest BCUT2D eigenvalue weighted by atomic mass is 35.5. The van der Waals surface area contributed by atoms with Crippen molar-refractivity contribution in [3.8, 4) is 0 Å². The first-order chi connectivity index (χ1) is 10.2. The van der Waals surface area contributed by atoms with Crippen LogP contribution in [0.15, 0.2) is 36.5 Å². The fourth-order valence-corrected chi connectivity index (χ4v) is 1.86. The van der Waals surface area contributed by atoms with Gasteiger partial charge in [0, 0.05) is 0 Å². The molecule has 110 valence electrons. The lowest BCUT2D eigenvalue weighted by Crippen LogP contribution is -2.23. The largest absolute Gasteiger partial charge is 0.467 e. The SMILES string of the molecule is COC(=O)C(Nc1nc(NN)ncc1Cl)c1ccccc1. The maximum atomic E-state index is 12.0. The Kier molecular flexibility index (Phi) is 4.91. The number of methoxy groups -OCH3 is 1. The molecule has 1 unspecified atom stereocenters. The van der Waals surface area contributed by atoms with Crippen molar-refractivity contribution < 1.29 is 9.53 Å². The number of esters is 1. The summed E-state index contributed by atoms with van der Waals surface area (Å²) in [5, 5.41) is 3.20. The first kappa shape index (κ1) is 15.0. The number of nitrogens with zero attached hydrogens (tertiary/aromatic N) is 2. The highest BCUT2D eigenvalue weighted by Crippen LogP contribution is 2.25. The molecule has 0 fully saturated rings. The third-order valence-electron chi connectivity index (χ3n) is 2.72. The fourth-order valence-electron chi connectivity index (χ4n) is 1.72. The molecule has 1 heterocycles. The van der Waals surface area contributed by atoms with Crippen LogP contribution in [0.1, 0.15) is 11.6 Å². The average molecular weight is 308 g/mol. The van der Waals surface area contributed by atoms with Crippen molar-refractivity contribution in [2.45, 2.75) is 6.04 Å². The number of nitrogen functional groups attached to an aromatic ring is 1. The third-order valence-corrected chi connectivity index (χ3v) is 3.00. The summed E-state index contributed by atoms with van der Waals surface area (Å²) in [6.45, 7) is 0. The van der Waals surface area contributed by atoms with E-state index in [0.29, 0.717) is 0 Å². The van der Waals surface area contributed by atoms with Gasteiger partial charge in [-0.05, 0) is 5.56 Å². The summed E-state index contributed by atoms with van der Waals surface area (Å²) in [7, 11) is 1.31. The van der Waals surface area contributed by atoms with E-state index in [4.69, 9.17) is 22.2 Å². The van der Waals surface area contributed by atoms with E-state index in [9.17, 15) is 4.79 Å². The van der Waals surface area contributed by atoms with Gasteiger partial charge in [0.2, 0.25) is 5.95 Å². The van der Waals surface area contributed by atoms with Crippen LogP contribution in [0.3, 0.4) is 0 Å². The monoisotopic (exact) mass is 307 g/mol. The number of anilines is 2. The van der Waals surface area contributed by atoms with E-state index in [0.717, 1.165) is 5.56 Å². The molecule has 0 aliphatic heterocycles. The van der Waals surface area contributed by atoms with Crippen molar-refractivity contribution in [2.24, 2.45) is 5.84 Å². The number of nitrogens with one attached hydrogen (secondary N) is 2. The smallest absolute Gasteiger partial charge is 0.333 e. The second-order valence-electron chi connectivity index (χ2n) is 4.05. The fraction of sp³-hybridized carbons (Fsp3) is 0.154. The van der Waals surface area contributed by atoms with Crippen LogP contribution in [-0.4, -0.2) is 23.0 Å². The molecule has 1 aromatic carbocycles. The van der Waals surface area contributed by atoms with Gasteiger partial charge in [-0.3, -0.25) is 5.43 Å². The van der Waals surface area contributed by atoms with E-state index in [1.807, 2.05) is 18.2 Å². The lowest BCUT2D eigenvalue weighted by atomic mass is 10.1. The maximum absolute atomic E-state index is 12.0. The molecule has 0 amide bonds. The number of carbonyl (C=O) groups excluding carboxylic acids is 1. The number of hydrogen-bond acceptors (Lipinski definition) is 7. The molecule has 0 radical (unpaired) electrons. The zero-order valence-electron chi connectivity index (χ0n) is 11.2. The van der Waals surface area contributed by atoms with Crippen LogP contribution in [0.4, 0.5) is 11.8 Å². The molecule has 2 aromatic rings. The summed E-state index contributed by atoms with van der Waals surface area (Å²) in [5.41, 5.74) is 3.04. The number of carbonyl (C=O) groups is 1. The van der Waals surface area contributed by atoms with Gasteiger partial charge in [-0.25, -0.2) is 15.6 Å². The van der Waals surface area contributed by atoms with Crippen LogP contribution in [0.2, 0.25) is 5.02 Å². The molecule has 0 saturated carbocycles. The topological polar surface area (TPSA) is 102 Å². The minimum absolute atomic E-state index is 0.179. The molecule has 0 aliphatic rings. The van der Waals surface area contributed by atoms with Gasteiger partial charge in [-0.1, -0.05) is 41.9 Å². The highest BCUT2D eigenvalue weighted by molar-refractivity contribution is 6.32. The number of benzene rings is 1. The Morgan fingerprint density at radius 3 is 2.71 bits per heavy atom. The van der Waals surface area contributed by atoms with E-state index >= 15 is 0 Å². The number of ether oxygens (including phenoxy) is 1. The van der Waals surface area contributed by atoms with Gasteiger partial charge in [0.1, 0.15) is 5.02 Å². The molecule has 8 heteroatoms. The molecule has 0 saturated heterocycles. The lowest BCUT2D eigenvalue weighted by molar-refractivity contribution is -0.141. The number of nitrogens with two attached hydrogens (primary N) is 1. The van der Waals surface area contributed by atoms with Gasteiger partial charge in [-0.15, -0.1) is 0 Å². The Balaban J connectivity index is 2.34. The summed E-state index contributed by atoms with van der Waals surface area (Å²) in [6.07, 6.45) is 1.38. The molecular weight excluding hydrogens is 294 g/mol. The Morgan fingerprint density at radius 2 is 2.10 bits per heavy atom. The standard InChI is InChI=1S/C13H14ClN5O2/c1-21-12(20)10(8-5-3-2-4-6-8)17-11-9(14)7-16-13(18-11)19-15/h2-7,10H,15H2,1H3,(H2,16,17,18,19). The lowest BCUT2D eigenvalue weighted by Gasteiger charge is -2.18. The van der Waals surface area contributed by atoms with Gasteiger partial charge in [0.05, 0.1) is 13.3 Å². The van der Waals surface area contributed by atoms with Crippen molar-refractivity contribution in [1.82, 2.24) is 9.97 Å². The summed E-state index contributed by atoms with van der Waals surface area (Å²) >= 11 is 6.02. The number of aromatic nitrogens is 2. The summed E-state index contributed by atoms with van der Waals surface area (Å²) in [6, 6.07) is 8.35. The first-order valence-corrected chi connectivity index (χ1v) is 6.42. The van der Waals surface area contributed by atoms with E-state index < -0.39 is 12.0 Å². The van der Waals surface area contributed by atoms with Gasteiger partial charge in [0.15, 0.2) is 11.9 Å². The van der Waals surface area contributed by atoms with Gasteiger partial charge in [-0.2, -0.15) is 4.98 Å². The van der Waals surface area contributed by atoms with Crippen molar-refractivity contribution in [3.05, 3.63) is 47.1 Å². The van der Waals surface area contributed by atoms with E-state index in [2.05, 4.69) is 20.7 Å². The second kappa shape index (κ2) is 6.87. The summed E-state index contributed by atoms with van der Waals surface area (Å²) in [5.74, 6) is 5.26. The molecule has 4 N–H and O–H groups in total. The van der Waals surface area contributed by atoms with Crippen LogP contribution in [0.5, 0.6) is 0 Å². The zero-order valence-corrected chi connectivity index (χ0v) is 12.0. The Morgan fingerprint density at radius 1 is 1.38 bits per heavy atom. The van der Waals surface area contributed by atoms with Crippen LogP contribution >= 0.6 is 11.6 Å². The van der Waals surface area contributed by atoms with Crippen molar-refractivity contribution >= 4 is 29.3 Å². The molecular formula is C13H14ClN5O2. The maximum Gasteiger partial charge on any atom is 0.333 e. The van der Waals surface area contributed by atoms with E-state index in [1.165, 1.54) is 13.3 Å². The van der Waals surface area contributed by atoms with Crippen molar-refractivity contribution in [1.29, 1.82) is 0 Å². The molecule has 0 aliphatic carbocycles. The highest BCUT2D eigenvalue weighted by Gasteiger charge is 2.22. The molecule has 0 bridgehead atoms. The number of hydrogen-bond donors (Lipinski definition) is 3. The predicted octanol–water partition coefficient (Wildman–Crippen LogP) is 1.74. The average Bonchev–Trinajstić information content (AvgIpc) is 2.54. The molecule has 21 heavy (non-hydrogen) atoms. The molecule has 0 spiro atoms. The Bertz CT molecular complexity index is 623. The Labute approximate surface area is 126 Å². The van der Waals surface area contributed by atoms with Crippen LogP contribution < -0.4 is 16.6 Å². The third kappa shape index (κ3) is 3.59. The van der Waals surface area contributed by atoms with Crippen LogP contribution in [0.25, 0.3) is 0 Å². The molecule has 2 rings (SSSR count). The minimum atomic E-state index is -0.741. The number of halogens is 1. The molecule has 1 aromatic heterocycles. The molecule has 1 atom stereocenters. The predicted molar refractivity (Wildman–Crippen MR) is 79.7 cm³/mol. The number of rotatable bonds is 5. The quantitative estimate of drug-likeness (QED) is 0.439. The summed E-state index contributed by atoms with van der Waals surface area (Å²) < 4.78 is 4.81. The van der Waals surface area contributed by atoms with Gasteiger partial charge in [0.25, 0.3) is 0 Å².